The minimum absolute atomic E-state index is 0.220. The van der Waals surface area contributed by atoms with Crippen molar-refractivity contribution in [1.29, 1.82) is 0 Å². The second kappa shape index (κ2) is 5.35. The summed E-state index contributed by atoms with van der Waals surface area (Å²) in [5.74, 6) is 0. The molecule has 1 aromatic rings. The number of rotatable bonds is 4. The van der Waals surface area contributed by atoms with E-state index >= 15 is 0 Å². The van der Waals surface area contributed by atoms with Gasteiger partial charge < -0.3 is 10.2 Å². The first-order valence-corrected chi connectivity index (χ1v) is 9.73. The lowest BCUT2D eigenvalue weighted by Crippen LogP contribution is -2.40. The van der Waals surface area contributed by atoms with E-state index in [1.54, 1.807) is 0 Å². The highest BCUT2D eigenvalue weighted by Crippen LogP contribution is 2.36. The highest BCUT2D eigenvalue weighted by molar-refractivity contribution is 6.74. The molecule has 0 fully saturated rings. The number of hydrogen-bond acceptors (Lipinski definition) is 3. The molecule has 1 aromatic heterocycles. The number of nitrogens with two attached hydrogens (primary N) is 1. The van der Waals surface area contributed by atoms with Crippen molar-refractivity contribution in [2.24, 2.45) is 5.73 Å². The molecule has 0 aromatic carbocycles. The summed E-state index contributed by atoms with van der Waals surface area (Å²) >= 11 is 0. The van der Waals surface area contributed by atoms with Crippen molar-refractivity contribution in [1.82, 2.24) is 4.98 Å². The van der Waals surface area contributed by atoms with Gasteiger partial charge in [0.15, 0.2) is 8.32 Å². The SMILES string of the molecule is CC(C)(N)c1cccc(CO[Si](C)(C)C(C)(C)C)n1. The van der Waals surface area contributed by atoms with E-state index < -0.39 is 13.9 Å². The molecule has 108 valence electrons. The fourth-order valence-electron chi connectivity index (χ4n) is 1.39. The number of nitrogens with zero attached hydrogens (tertiary/aromatic N) is 1. The van der Waals surface area contributed by atoms with Gasteiger partial charge in [0, 0.05) is 0 Å². The summed E-state index contributed by atoms with van der Waals surface area (Å²) < 4.78 is 6.18. The summed E-state index contributed by atoms with van der Waals surface area (Å²) in [5, 5.41) is 0.220. The third-order valence-corrected chi connectivity index (χ3v) is 8.33. The molecule has 0 atom stereocenters. The van der Waals surface area contributed by atoms with Crippen LogP contribution in [0.2, 0.25) is 18.1 Å². The lowest BCUT2D eigenvalue weighted by Gasteiger charge is -2.36. The largest absolute Gasteiger partial charge is 0.411 e. The van der Waals surface area contributed by atoms with E-state index in [0.717, 1.165) is 11.4 Å². The zero-order valence-electron chi connectivity index (χ0n) is 13.4. The molecule has 0 saturated carbocycles. The molecule has 0 aliphatic carbocycles. The van der Waals surface area contributed by atoms with E-state index in [2.05, 4.69) is 38.8 Å². The Kier molecular flexibility index (Phi) is 4.60. The number of hydrogen-bond donors (Lipinski definition) is 1. The molecule has 19 heavy (non-hydrogen) atoms. The maximum absolute atomic E-state index is 6.18. The van der Waals surface area contributed by atoms with E-state index in [-0.39, 0.29) is 5.04 Å². The first-order chi connectivity index (χ1) is 8.43. The second-order valence-electron chi connectivity index (χ2n) is 7.28. The monoisotopic (exact) mass is 280 g/mol. The van der Waals surface area contributed by atoms with Crippen LogP contribution in [0.1, 0.15) is 46.0 Å². The van der Waals surface area contributed by atoms with Gasteiger partial charge in [-0.15, -0.1) is 0 Å². The van der Waals surface area contributed by atoms with Gasteiger partial charge in [0.2, 0.25) is 0 Å². The fourth-order valence-corrected chi connectivity index (χ4v) is 2.33. The highest BCUT2D eigenvalue weighted by Gasteiger charge is 2.37. The molecule has 0 unspecified atom stereocenters. The van der Waals surface area contributed by atoms with Gasteiger partial charge in [0.1, 0.15) is 0 Å². The zero-order valence-corrected chi connectivity index (χ0v) is 14.4. The summed E-state index contributed by atoms with van der Waals surface area (Å²) in [6, 6.07) is 5.97. The Morgan fingerprint density at radius 3 is 2.21 bits per heavy atom. The topological polar surface area (TPSA) is 48.1 Å². The number of pyridine rings is 1. The van der Waals surface area contributed by atoms with Gasteiger partial charge >= 0.3 is 0 Å². The van der Waals surface area contributed by atoms with Crippen LogP contribution in [-0.4, -0.2) is 13.3 Å². The summed E-state index contributed by atoms with van der Waals surface area (Å²) in [6.45, 7) is 15.7. The van der Waals surface area contributed by atoms with Crippen LogP contribution in [0, 0.1) is 0 Å². The maximum atomic E-state index is 6.18. The lowest BCUT2D eigenvalue weighted by molar-refractivity contribution is 0.271. The molecule has 0 radical (unpaired) electrons. The van der Waals surface area contributed by atoms with Gasteiger partial charge in [-0.05, 0) is 44.1 Å². The van der Waals surface area contributed by atoms with Crippen molar-refractivity contribution in [2.45, 2.75) is 64.9 Å². The normalized spacial score (nSPS) is 13.7. The van der Waals surface area contributed by atoms with Gasteiger partial charge in [-0.2, -0.15) is 0 Å². The van der Waals surface area contributed by atoms with Crippen LogP contribution < -0.4 is 5.73 Å². The molecule has 0 bridgehead atoms. The van der Waals surface area contributed by atoms with Crippen molar-refractivity contribution >= 4 is 8.32 Å². The first kappa shape index (κ1) is 16.3. The van der Waals surface area contributed by atoms with Crippen LogP contribution in [-0.2, 0) is 16.6 Å². The molecule has 0 amide bonds. The maximum Gasteiger partial charge on any atom is 0.192 e. The molecule has 0 aliphatic heterocycles. The van der Waals surface area contributed by atoms with Gasteiger partial charge in [0.25, 0.3) is 0 Å². The fraction of sp³-hybridized carbons (Fsp3) is 0.667. The Bertz CT molecular complexity index is 431. The standard InChI is InChI=1S/C15H28N2OSi/c1-14(2,3)19(6,7)18-11-12-9-8-10-13(17-12)15(4,5)16/h8-10H,11,16H2,1-7H3. The Hall–Kier alpha value is -0.713. The lowest BCUT2D eigenvalue weighted by atomic mass is 10.0. The molecular weight excluding hydrogens is 252 g/mol. The minimum atomic E-state index is -1.72. The Balaban J connectivity index is 2.80. The van der Waals surface area contributed by atoms with Crippen molar-refractivity contribution < 1.29 is 4.43 Å². The summed E-state index contributed by atoms with van der Waals surface area (Å²) in [6.07, 6.45) is 0. The van der Waals surface area contributed by atoms with Gasteiger partial charge in [-0.25, -0.2) is 0 Å². The summed E-state index contributed by atoms with van der Waals surface area (Å²) in [5.41, 5.74) is 7.54. The second-order valence-corrected chi connectivity index (χ2v) is 12.1. The van der Waals surface area contributed by atoms with E-state index in [1.165, 1.54) is 0 Å². The molecule has 1 rings (SSSR count). The van der Waals surface area contributed by atoms with Gasteiger partial charge in [-0.3, -0.25) is 4.98 Å². The van der Waals surface area contributed by atoms with Gasteiger partial charge in [-0.1, -0.05) is 26.8 Å². The van der Waals surface area contributed by atoms with Crippen LogP contribution in [0.5, 0.6) is 0 Å². The van der Waals surface area contributed by atoms with Crippen LogP contribution in [0.15, 0.2) is 18.2 Å². The van der Waals surface area contributed by atoms with Gasteiger partial charge in [0.05, 0.1) is 23.5 Å². The Morgan fingerprint density at radius 2 is 1.74 bits per heavy atom. The predicted molar refractivity (Wildman–Crippen MR) is 83.4 cm³/mol. The van der Waals surface area contributed by atoms with E-state index in [9.17, 15) is 0 Å². The van der Waals surface area contributed by atoms with Crippen LogP contribution in [0.4, 0.5) is 0 Å². The van der Waals surface area contributed by atoms with E-state index in [4.69, 9.17) is 10.2 Å². The van der Waals surface area contributed by atoms with Crippen LogP contribution in [0.25, 0.3) is 0 Å². The zero-order chi connectivity index (χ0) is 14.9. The van der Waals surface area contributed by atoms with Crippen LogP contribution >= 0.6 is 0 Å². The average Bonchev–Trinajstić information content (AvgIpc) is 2.24. The predicted octanol–water partition coefficient (Wildman–Crippen LogP) is 3.80. The van der Waals surface area contributed by atoms with Crippen molar-refractivity contribution in [2.75, 3.05) is 0 Å². The highest BCUT2D eigenvalue weighted by atomic mass is 28.4. The summed E-state index contributed by atoms with van der Waals surface area (Å²) in [4.78, 5) is 4.60. The van der Waals surface area contributed by atoms with Crippen molar-refractivity contribution in [3.63, 3.8) is 0 Å². The Morgan fingerprint density at radius 1 is 1.16 bits per heavy atom. The third-order valence-electron chi connectivity index (χ3n) is 3.85. The molecule has 0 spiro atoms. The van der Waals surface area contributed by atoms with Crippen molar-refractivity contribution in [3.05, 3.63) is 29.6 Å². The quantitative estimate of drug-likeness (QED) is 0.853. The molecule has 0 saturated heterocycles. The van der Waals surface area contributed by atoms with E-state index in [0.29, 0.717) is 6.61 Å². The molecular formula is C15H28N2OSi. The molecule has 4 heteroatoms. The summed E-state index contributed by atoms with van der Waals surface area (Å²) in [7, 11) is -1.72. The smallest absolute Gasteiger partial charge is 0.192 e. The van der Waals surface area contributed by atoms with E-state index in [1.807, 2.05) is 32.0 Å². The average molecular weight is 280 g/mol. The molecule has 2 N–H and O–H groups in total. The number of aromatic nitrogens is 1. The minimum Gasteiger partial charge on any atom is -0.411 e. The molecule has 0 aliphatic rings. The van der Waals surface area contributed by atoms with Crippen molar-refractivity contribution in [3.8, 4) is 0 Å². The Labute approximate surface area is 118 Å². The first-order valence-electron chi connectivity index (χ1n) is 6.83. The molecule has 3 nitrogen and oxygen atoms in total. The molecule has 1 heterocycles. The third kappa shape index (κ3) is 4.40. The van der Waals surface area contributed by atoms with Crippen LogP contribution in [0.3, 0.4) is 0 Å².